The van der Waals surface area contributed by atoms with Gasteiger partial charge in [0.05, 0.1) is 6.61 Å². The summed E-state index contributed by atoms with van der Waals surface area (Å²) < 4.78 is 51.0. The van der Waals surface area contributed by atoms with Gasteiger partial charge in [0.25, 0.3) is 5.91 Å². The third-order valence-electron chi connectivity index (χ3n) is 4.74. The summed E-state index contributed by atoms with van der Waals surface area (Å²) >= 11 is 5.78. The molecule has 3 rings (SSSR count). The van der Waals surface area contributed by atoms with Crippen molar-refractivity contribution in [1.82, 2.24) is 15.5 Å². The Kier molecular flexibility index (Phi) is 7.55. The molecule has 11 heteroatoms. The zero-order valence-corrected chi connectivity index (χ0v) is 17.2. The summed E-state index contributed by atoms with van der Waals surface area (Å²) in [6, 6.07) is 6.66. The largest absolute Gasteiger partial charge is 0.522 e. The molecule has 7 nitrogen and oxygen atoms in total. The zero-order chi connectivity index (χ0) is 22.4. The van der Waals surface area contributed by atoms with Crippen molar-refractivity contribution >= 4 is 23.1 Å². The van der Waals surface area contributed by atoms with Gasteiger partial charge in [-0.05, 0) is 49.4 Å². The maximum atomic E-state index is 12.1. The van der Waals surface area contributed by atoms with Crippen LogP contribution in [0.5, 0.6) is 5.75 Å². The van der Waals surface area contributed by atoms with E-state index in [1.54, 1.807) is 24.3 Å². The molecule has 0 saturated heterocycles. The average Bonchev–Trinajstić information content (AvgIpc) is 3.15. The molecule has 0 unspecified atom stereocenters. The number of carbonyl (C=O) groups excluding carboxylic acids is 1. The van der Waals surface area contributed by atoms with Gasteiger partial charge in [-0.25, -0.2) is 0 Å². The fourth-order valence-electron chi connectivity index (χ4n) is 3.02. The smallest absolute Gasteiger partial charge is 0.484 e. The van der Waals surface area contributed by atoms with Crippen molar-refractivity contribution in [3.05, 3.63) is 47.6 Å². The van der Waals surface area contributed by atoms with E-state index in [9.17, 15) is 18.0 Å². The second-order valence-electron chi connectivity index (χ2n) is 7.18. The van der Waals surface area contributed by atoms with Gasteiger partial charge >= 0.3 is 6.36 Å². The number of benzene rings is 1. The lowest BCUT2D eigenvalue weighted by molar-refractivity contribution is -0.330. The van der Waals surface area contributed by atoms with Crippen LogP contribution in [0.15, 0.2) is 35.3 Å². The van der Waals surface area contributed by atoms with E-state index in [0.29, 0.717) is 48.0 Å². The van der Waals surface area contributed by atoms with Crippen molar-refractivity contribution in [3.63, 3.8) is 0 Å². The van der Waals surface area contributed by atoms with E-state index in [0.717, 1.165) is 0 Å². The number of alkyl halides is 3. The van der Waals surface area contributed by atoms with E-state index >= 15 is 0 Å². The molecule has 168 valence electrons. The Labute approximate surface area is 181 Å². The van der Waals surface area contributed by atoms with Crippen LogP contribution >= 0.6 is 11.6 Å². The predicted molar refractivity (Wildman–Crippen MR) is 105 cm³/mol. The van der Waals surface area contributed by atoms with Crippen LogP contribution in [0.1, 0.15) is 37.0 Å². The summed E-state index contributed by atoms with van der Waals surface area (Å²) in [5.41, 5.74) is 0.550. The Balaban J connectivity index is 1.34. The number of rotatable bonds is 10. The second-order valence-corrected chi connectivity index (χ2v) is 7.62. The highest BCUT2D eigenvalue weighted by Crippen LogP contribution is 2.42. The highest BCUT2D eigenvalue weighted by atomic mass is 35.5. The normalized spacial score (nSPS) is 18.3. The first-order valence-electron chi connectivity index (χ1n) is 9.57. The van der Waals surface area contributed by atoms with Crippen molar-refractivity contribution in [1.29, 1.82) is 0 Å². The lowest BCUT2D eigenvalue weighted by atomic mass is 9.75. The molecule has 1 aliphatic rings. The molecule has 0 bridgehead atoms. The van der Waals surface area contributed by atoms with Gasteiger partial charge in [-0.1, -0.05) is 18.2 Å². The van der Waals surface area contributed by atoms with Gasteiger partial charge in [0.2, 0.25) is 11.8 Å². The lowest BCUT2D eigenvalue weighted by Gasteiger charge is -2.32. The molecule has 1 aromatic heterocycles. The molecular formula is C20H21ClF3N3O4. The monoisotopic (exact) mass is 459 g/mol. The van der Waals surface area contributed by atoms with Crippen molar-refractivity contribution < 1.29 is 31.9 Å². The van der Waals surface area contributed by atoms with E-state index in [4.69, 9.17) is 20.8 Å². The standard InChI is InChI=1S/C20H21ClF3N3O4/c1-12(6-7-25-17(28)11-29-16-4-2-15(21)3-5-16)18-26-27-19(31-18)14-8-13(9-14)10-30-20(22,23)24/h2-5,13-14H,1,6-11H2,(H,25,28). The average molecular weight is 460 g/mol. The third-order valence-corrected chi connectivity index (χ3v) is 5.00. The van der Waals surface area contributed by atoms with E-state index in [1.807, 2.05) is 0 Å². The number of hydrogen-bond acceptors (Lipinski definition) is 6. The first-order valence-corrected chi connectivity index (χ1v) is 9.94. The summed E-state index contributed by atoms with van der Waals surface area (Å²) in [6.45, 7) is 3.68. The van der Waals surface area contributed by atoms with Gasteiger partial charge in [-0.15, -0.1) is 23.4 Å². The number of nitrogens with zero attached hydrogens (tertiary/aromatic N) is 2. The molecule has 0 radical (unpaired) electrons. The fraction of sp³-hybridized carbons (Fsp3) is 0.450. The Morgan fingerprint density at radius 2 is 1.97 bits per heavy atom. The number of aromatic nitrogens is 2. The molecule has 1 fully saturated rings. The summed E-state index contributed by atoms with van der Waals surface area (Å²) in [6.07, 6.45) is -3.24. The molecule has 1 aliphatic carbocycles. The molecule has 31 heavy (non-hydrogen) atoms. The highest BCUT2D eigenvalue weighted by Gasteiger charge is 2.38. The first-order chi connectivity index (χ1) is 14.7. The van der Waals surface area contributed by atoms with E-state index in [1.165, 1.54) is 0 Å². The van der Waals surface area contributed by atoms with Crippen molar-refractivity contribution in [3.8, 4) is 5.75 Å². The number of carbonyl (C=O) groups is 1. The Morgan fingerprint density at radius 1 is 1.26 bits per heavy atom. The maximum Gasteiger partial charge on any atom is 0.522 e. The molecule has 0 atom stereocenters. The highest BCUT2D eigenvalue weighted by molar-refractivity contribution is 6.30. The van der Waals surface area contributed by atoms with Crippen molar-refractivity contribution in [2.45, 2.75) is 31.5 Å². The molecule has 0 spiro atoms. The number of hydrogen-bond donors (Lipinski definition) is 1. The van der Waals surface area contributed by atoms with Crippen LogP contribution in [0.25, 0.3) is 5.57 Å². The maximum absolute atomic E-state index is 12.1. The SMILES string of the molecule is C=C(CCNC(=O)COc1ccc(Cl)cc1)c1nnc(C2CC(COC(F)(F)F)C2)o1. The molecule has 1 amide bonds. The predicted octanol–water partition coefficient (Wildman–Crippen LogP) is 4.35. The van der Waals surface area contributed by atoms with Gasteiger partial charge in [0, 0.05) is 23.1 Å². The lowest BCUT2D eigenvalue weighted by Crippen LogP contribution is -2.29. The van der Waals surface area contributed by atoms with Crippen LogP contribution in [-0.2, 0) is 9.53 Å². The van der Waals surface area contributed by atoms with Crippen LogP contribution in [-0.4, -0.2) is 42.2 Å². The van der Waals surface area contributed by atoms with Crippen molar-refractivity contribution in [2.24, 2.45) is 5.92 Å². The van der Waals surface area contributed by atoms with E-state index < -0.39 is 6.36 Å². The summed E-state index contributed by atoms with van der Waals surface area (Å²) in [5.74, 6) is 0.591. The van der Waals surface area contributed by atoms with Gasteiger partial charge in [-0.2, -0.15) is 0 Å². The third kappa shape index (κ3) is 7.25. The zero-order valence-electron chi connectivity index (χ0n) is 16.5. The van der Waals surface area contributed by atoms with Crippen LogP contribution in [0.2, 0.25) is 5.02 Å². The summed E-state index contributed by atoms with van der Waals surface area (Å²) in [7, 11) is 0. The van der Waals surface area contributed by atoms with Crippen LogP contribution in [0, 0.1) is 5.92 Å². The Morgan fingerprint density at radius 3 is 2.65 bits per heavy atom. The fourth-order valence-corrected chi connectivity index (χ4v) is 3.14. The Bertz CT molecular complexity index is 896. The second kappa shape index (κ2) is 10.1. The molecule has 1 heterocycles. The van der Waals surface area contributed by atoms with E-state index in [-0.39, 0.29) is 36.8 Å². The molecule has 1 saturated carbocycles. The minimum Gasteiger partial charge on any atom is -0.484 e. The van der Waals surface area contributed by atoms with E-state index in [2.05, 4.69) is 26.8 Å². The summed E-state index contributed by atoms with van der Waals surface area (Å²) in [4.78, 5) is 11.9. The van der Waals surface area contributed by atoms with Crippen molar-refractivity contribution in [2.75, 3.05) is 19.8 Å². The van der Waals surface area contributed by atoms with Crippen LogP contribution in [0.4, 0.5) is 13.2 Å². The molecular weight excluding hydrogens is 439 g/mol. The quantitative estimate of drug-likeness (QED) is 0.568. The molecule has 1 N–H and O–H groups in total. The molecule has 0 aliphatic heterocycles. The first kappa shape index (κ1) is 23.1. The number of nitrogens with one attached hydrogen (secondary N) is 1. The number of ether oxygens (including phenoxy) is 2. The van der Waals surface area contributed by atoms with Gasteiger partial charge in [0.15, 0.2) is 6.61 Å². The minimum atomic E-state index is -4.61. The number of amides is 1. The molecule has 1 aromatic carbocycles. The van der Waals surface area contributed by atoms with Gasteiger partial charge in [0.1, 0.15) is 5.75 Å². The topological polar surface area (TPSA) is 86.5 Å². The minimum absolute atomic E-state index is 0.0828. The van der Waals surface area contributed by atoms with Crippen LogP contribution < -0.4 is 10.1 Å². The van der Waals surface area contributed by atoms with Gasteiger partial charge < -0.3 is 14.5 Å². The molecule has 2 aromatic rings. The van der Waals surface area contributed by atoms with Gasteiger partial charge in [-0.3, -0.25) is 9.53 Å². The number of halogens is 4. The van der Waals surface area contributed by atoms with Crippen LogP contribution in [0.3, 0.4) is 0 Å². The summed E-state index contributed by atoms with van der Waals surface area (Å²) in [5, 5.41) is 11.2. The Hall–Kier alpha value is -2.59.